The largest absolute Gasteiger partial charge is 0.419 e. The standard InChI is InChI=1S/C14H19N3O2/c1-16(8-9-5-10(15)6-9)11-3-4-13-12(7-11)17(2)14(18)19-13/h3-4,7,9-10H,5-6,8,15H2,1-2H3. The van der Waals surface area contributed by atoms with Crippen LogP contribution in [0.25, 0.3) is 11.1 Å². The van der Waals surface area contributed by atoms with E-state index >= 15 is 0 Å². The van der Waals surface area contributed by atoms with E-state index in [2.05, 4.69) is 11.9 Å². The van der Waals surface area contributed by atoms with Gasteiger partial charge in [0.15, 0.2) is 5.58 Å². The van der Waals surface area contributed by atoms with E-state index < -0.39 is 0 Å². The molecule has 1 aromatic heterocycles. The summed E-state index contributed by atoms with van der Waals surface area (Å²) in [4.78, 5) is 13.7. The van der Waals surface area contributed by atoms with Gasteiger partial charge in [-0.05, 0) is 37.0 Å². The molecule has 0 bridgehead atoms. The molecule has 1 aromatic carbocycles. The molecule has 2 aromatic rings. The summed E-state index contributed by atoms with van der Waals surface area (Å²) in [5.41, 5.74) is 8.38. The summed E-state index contributed by atoms with van der Waals surface area (Å²) in [5.74, 6) is 0.364. The van der Waals surface area contributed by atoms with Crippen LogP contribution in [0.1, 0.15) is 12.8 Å². The first kappa shape index (κ1) is 12.3. The van der Waals surface area contributed by atoms with Crippen LogP contribution < -0.4 is 16.4 Å². The summed E-state index contributed by atoms with van der Waals surface area (Å²) in [7, 11) is 3.80. The molecule has 1 aliphatic carbocycles. The molecule has 0 radical (unpaired) electrons. The molecule has 1 saturated carbocycles. The Balaban J connectivity index is 1.84. The molecule has 0 saturated heterocycles. The Bertz CT molecular complexity index is 652. The lowest BCUT2D eigenvalue weighted by Crippen LogP contribution is -2.41. The minimum absolute atomic E-state index is 0.320. The molecule has 2 N–H and O–H groups in total. The fourth-order valence-corrected chi connectivity index (χ4v) is 2.78. The van der Waals surface area contributed by atoms with Gasteiger partial charge in [0.25, 0.3) is 0 Å². The highest BCUT2D eigenvalue weighted by Gasteiger charge is 2.26. The maximum Gasteiger partial charge on any atom is 0.419 e. The lowest BCUT2D eigenvalue weighted by molar-refractivity contribution is 0.271. The maximum absolute atomic E-state index is 11.5. The predicted octanol–water partition coefficient (Wildman–Crippen LogP) is 1.30. The summed E-state index contributed by atoms with van der Waals surface area (Å²) in [5, 5.41) is 0. The van der Waals surface area contributed by atoms with E-state index in [0.29, 0.717) is 17.5 Å². The number of nitrogens with zero attached hydrogens (tertiary/aromatic N) is 2. The molecule has 3 rings (SSSR count). The van der Waals surface area contributed by atoms with Crippen molar-refractivity contribution in [3.63, 3.8) is 0 Å². The molecular formula is C14H19N3O2. The van der Waals surface area contributed by atoms with Crippen LogP contribution in [0.4, 0.5) is 5.69 Å². The third kappa shape index (κ3) is 2.14. The van der Waals surface area contributed by atoms with Crippen molar-refractivity contribution in [1.29, 1.82) is 0 Å². The van der Waals surface area contributed by atoms with Gasteiger partial charge >= 0.3 is 5.76 Å². The fourth-order valence-electron chi connectivity index (χ4n) is 2.78. The third-order valence-corrected chi connectivity index (χ3v) is 4.02. The second-order valence-electron chi connectivity index (χ2n) is 5.56. The molecule has 1 heterocycles. The molecule has 0 unspecified atom stereocenters. The molecular weight excluding hydrogens is 242 g/mol. The molecule has 0 amide bonds. The second-order valence-corrected chi connectivity index (χ2v) is 5.56. The van der Waals surface area contributed by atoms with Crippen molar-refractivity contribution in [2.45, 2.75) is 18.9 Å². The first-order chi connectivity index (χ1) is 9.04. The minimum atomic E-state index is -0.320. The zero-order valence-electron chi connectivity index (χ0n) is 11.3. The van der Waals surface area contributed by atoms with Gasteiger partial charge in [-0.1, -0.05) is 0 Å². The summed E-state index contributed by atoms with van der Waals surface area (Å²) in [6.07, 6.45) is 2.22. The average Bonchev–Trinajstić information content (AvgIpc) is 2.63. The van der Waals surface area contributed by atoms with Gasteiger partial charge in [-0.3, -0.25) is 4.57 Å². The predicted molar refractivity (Wildman–Crippen MR) is 75.4 cm³/mol. The van der Waals surface area contributed by atoms with Gasteiger partial charge in [0.1, 0.15) is 0 Å². The van der Waals surface area contributed by atoms with Crippen LogP contribution in [0.3, 0.4) is 0 Å². The molecule has 19 heavy (non-hydrogen) atoms. The van der Waals surface area contributed by atoms with Crippen molar-refractivity contribution in [3.05, 3.63) is 28.7 Å². The Labute approximate surface area is 111 Å². The van der Waals surface area contributed by atoms with Crippen molar-refractivity contribution in [3.8, 4) is 0 Å². The highest BCUT2D eigenvalue weighted by Crippen LogP contribution is 2.28. The van der Waals surface area contributed by atoms with Gasteiger partial charge in [-0.15, -0.1) is 0 Å². The van der Waals surface area contributed by atoms with Crippen molar-refractivity contribution in [2.75, 3.05) is 18.5 Å². The topological polar surface area (TPSA) is 64.4 Å². The number of fused-ring (bicyclic) bond motifs is 1. The van der Waals surface area contributed by atoms with Gasteiger partial charge in [0.05, 0.1) is 5.52 Å². The van der Waals surface area contributed by atoms with E-state index in [-0.39, 0.29) is 5.76 Å². The third-order valence-electron chi connectivity index (χ3n) is 4.02. The Kier molecular flexibility index (Phi) is 2.86. The van der Waals surface area contributed by atoms with E-state index in [1.807, 2.05) is 18.2 Å². The number of aromatic nitrogens is 1. The summed E-state index contributed by atoms with van der Waals surface area (Å²) < 4.78 is 6.67. The highest BCUT2D eigenvalue weighted by molar-refractivity contribution is 5.77. The smallest absolute Gasteiger partial charge is 0.408 e. The average molecular weight is 261 g/mol. The highest BCUT2D eigenvalue weighted by atomic mass is 16.4. The molecule has 0 aliphatic heterocycles. The van der Waals surface area contributed by atoms with Crippen LogP contribution in [0.15, 0.2) is 27.4 Å². The minimum Gasteiger partial charge on any atom is -0.408 e. The SMILES string of the molecule is CN(CC1CC(N)C1)c1ccc2oc(=O)n(C)c2c1. The Morgan fingerprint density at radius 1 is 1.47 bits per heavy atom. The van der Waals surface area contributed by atoms with Crippen molar-refractivity contribution in [1.82, 2.24) is 4.57 Å². The molecule has 1 aliphatic rings. The van der Waals surface area contributed by atoms with E-state index in [9.17, 15) is 4.79 Å². The normalized spacial score (nSPS) is 22.5. The van der Waals surface area contributed by atoms with Gasteiger partial charge in [0.2, 0.25) is 0 Å². The monoisotopic (exact) mass is 261 g/mol. The zero-order chi connectivity index (χ0) is 13.6. The lowest BCUT2D eigenvalue weighted by Gasteiger charge is -2.36. The maximum atomic E-state index is 11.5. The first-order valence-corrected chi connectivity index (χ1v) is 6.61. The number of hydrogen-bond donors (Lipinski definition) is 1. The van der Waals surface area contributed by atoms with Crippen LogP contribution >= 0.6 is 0 Å². The number of oxazole rings is 1. The summed E-state index contributed by atoms with van der Waals surface area (Å²) in [6, 6.07) is 6.23. The van der Waals surface area contributed by atoms with Gasteiger partial charge in [-0.25, -0.2) is 4.79 Å². The number of benzene rings is 1. The lowest BCUT2D eigenvalue weighted by atomic mass is 9.80. The Morgan fingerprint density at radius 3 is 2.89 bits per heavy atom. The van der Waals surface area contributed by atoms with E-state index in [0.717, 1.165) is 30.6 Å². The summed E-state index contributed by atoms with van der Waals surface area (Å²) >= 11 is 0. The van der Waals surface area contributed by atoms with E-state index in [1.165, 1.54) is 4.57 Å². The molecule has 5 nitrogen and oxygen atoms in total. The van der Waals surface area contributed by atoms with E-state index in [4.69, 9.17) is 10.2 Å². The van der Waals surface area contributed by atoms with E-state index in [1.54, 1.807) is 7.05 Å². The quantitative estimate of drug-likeness (QED) is 0.904. The number of anilines is 1. The Hall–Kier alpha value is -1.75. The van der Waals surface area contributed by atoms with Crippen LogP contribution in [-0.2, 0) is 7.05 Å². The number of rotatable bonds is 3. The van der Waals surface area contributed by atoms with Crippen LogP contribution in [0.5, 0.6) is 0 Å². The Morgan fingerprint density at radius 2 is 2.21 bits per heavy atom. The van der Waals surface area contributed by atoms with Gasteiger partial charge < -0.3 is 15.1 Å². The van der Waals surface area contributed by atoms with Gasteiger partial charge in [-0.2, -0.15) is 0 Å². The first-order valence-electron chi connectivity index (χ1n) is 6.61. The molecule has 5 heteroatoms. The molecule has 1 fully saturated rings. The van der Waals surface area contributed by atoms with Crippen LogP contribution in [-0.4, -0.2) is 24.2 Å². The van der Waals surface area contributed by atoms with Crippen molar-refractivity contribution >= 4 is 16.8 Å². The van der Waals surface area contributed by atoms with Crippen molar-refractivity contribution < 1.29 is 4.42 Å². The zero-order valence-corrected chi connectivity index (χ0v) is 11.3. The summed E-state index contributed by atoms with van der Waals surface area (Å²) in [6.45, 7) is 1.00. The number of hydrogen-bond acceptors (Lipinski definition) is 4. The molecule has 0 spiro atoms. The number of aryl methyl sites for hydroxylation is 1. The van der Waals surface area contributed by atoms with Gasteiger partial charge in [0, 0.05) is 32.4 Å². The van der Waals surface area contributed by atoms with Crippen LogP contribution in [0.2, 0.25) is 0 Å². The van der Waals surface area contributed by atoms with Crippen molar-refractivity contribution in [2.24, 2.45) is 18.7 Å². The molecule has 102 valence electrons. The number of nitrogens with two attached hydrogens (primary N) is 1. The molecule has 0 atom stereocenters. The van der Waals surface area contributed by atoms with Crippen LogP contribution in [0, 0.1) is 5.92 Å². The fraction of sp³-hybridized carbons (Fsp3) is 0.500. The second kappa shape index (κ2) is 4.42.